The van der Waals surface area contributed by atoms with Gasteiger partial charge in [-0.3, -0.25) is 4.79 Å². The number of nitriles is 1. The van der Waals surface area contributed by atoms with Gasteiger partial charge in [-0.2, -0.15) is 18.4 Å². The van der Waals surface area contributed by atoms with Crippen LogP contribution in [0.2, 0.25) is 0 Å². The number of nitrogens with zero attached hydrogens (tertiary/aromatic N) is 5. The predicted molar refractivity (Wildman–Crippen MR) is 117 cm³/mol. The molecule has 0 saturated heterocycles. The minimum absolute atomic E-state index is 0.0401. The highest BCUT2D eigenvalue weighted by atomic mass is 19.4. The third kappa shape index (κ3) is 4.06. The Morgan fingerprint density at radius 3 is 2.63 bits per heavy atom. The van der Waals surface area contributed by atoms with Crippen molar-refractivity contribution in [1.29, 1.82) is 5.26 Å². The van der Waals surface area contributed by atoms with Crippen LogP contribution in [0.3, 0.4) is 0 Å². The van der Waals surface area contributed by atoms with Crippen LogP contribution in [0.15, 0.2) is 65.2 Å². The zero-order valence-electron chi connectivity index (χ0n) is 17.5. The number of carbonyl (C=O) groups excluding carboxylic acids is 1. The zero-order valence-corrected chi connectivity index (χ0v) is 17.5. The lowest BCUT2D eigenvalue weighted by molar-refractivity contribution is -0.137. The molecule has 0 atom stereocenters. The molecule has 0 spiro atoms. The summed E-state index contributed by atoms with van der Waals surface area (Å²) < 4.78 is 45.8. The number of rotatable bonds is 4. The van der Waals surface area contributed by atoms with Crippen LogP contribution in [-0.4, -0.2) is 31.7 Å². The summed E-state index contributed by atoms with van der Waals surface area (Å²) in [6.45, 7) is 0. The second-order valence-corrected chi connectivity index (χ2v) is 7.36. The first-order valence-corrected chi connectivity index (χ1v) is 10.0. The Bertz CT molecular complexity index is 1600. The fraction of sp³-hybridized carbons (Fsp3) is 0.0435. The molecule has 0 aliphatic heterocycles. The molecule has 0 aliphatic rings. The molecule has 0 bridgehead atoms. The number of aromatic amines is 1. The van der Waals surface area contributed by atoms with Crippen molar-refractivity contribution in [2.45, 2.75) is 6.18 Å². The van der Waals surface area contributed by atoms with E-state index in [2.05, 4.69) is 31.1 Å². The molecular weight excluding hydrogens is 463 g/mol. The van der Waals surface area contributed by atoms with Gasteiger partial charge >= 0.3 is 6.18 Å². The van der Waals surface area contributed by atoms with Crippen LogP contribution < -0.4 is 5.32 Å². The number of halogens is 3. The Labute approximate surface area is 194 Å². The zero-order chi connectivity index (χ0) is 24.6. The maximum absolute atomic E-state index is 13.5. The van der Waals surface area contributed by atoms with Gasteiger partial charge in [-0.05, 0) is 58.0 Å². The number of tetrazole rings is 1. The van der Waals surface area contributed by atoms with Crippen molar-refractivity contribution in [3.63, 3.8) is 0 Å². The lowest BCUT2D eigenvalue weighted by atomic mass is 9.98. The topological polar surface area (TPSA) is 133 Å². The maximum atomic E-state index is 13.5. The minimum Gasteiger partial charge on any atom is -0.355 e. The van der Waals surface area contributed by atoms with Gasteiger partial charge in [0.2, 0.25) is 0 Å². The van der Waals surface area contributed by atoms with Crippen LogP contribution in [0.5, 0.6) is 0 Å². The van der Waals surface area contributed by atoms with E-state index in [0.717, 1.165) is 6.07 Å². The molecule has 5 rings (SSSR count). The highest BCUT2D eigenvalue weighted by molar-refractivity contribution is 6.12. The molecule has 0 aliphatic carbocycles. The third-order valence-electron chi connectivity index (χ3n) is 5.23. The molecule has 2 heterocycles. The summed E-state index contributed by atoms with van der Waals surface area (Å²) in [6.07, 6.45) is -4.55. The van der Waals surface area contributed by atoms with E-state index in [0.29, 0.717) is 11.1 Å². The summed E-state index contributed by atoms with van der Waals surface area (Å²) >= 11 is 0. The number of anilines is 1. The van der Waals surface area contributed by atoms with E-state index < -0.39 is 17.6 Å². The van der Waals surface area contributed by atoms with Gasteiger partial charge < -0.3 is 9.84 Å². The molecular formula is C23H12F3N7O2. The fourth-order valence-corrected chi connectivity index (χ4v) is 3.63. The van der Waals surface area contributed by atoms with Crippen LogP contribution in [0.4, 0.5) is 18.9 Å². The van der Waals surface area contributed by atoms with Crippen molar-refractivity contribution < 1.29 is 22.5 Å². The van der Waals surface area contributed by atoms with Crippen molar-refractivity contribution >= 4 is 22.6 Å². The van der Waals surface area contributed by atoms with Gasteiger partial charge in [0, 0.05) is 5.56 Å². The van der Waals surface area contributed by atoms with Gasteiger partial charge in [0.1, 0.15) is 0 Å². The maximum Gasteiger partial charge on any atom is 0.417 e. The van der Waals surface area contributed by atoms with Gasteiger partial charge in [-0.15, -0.1) is 5.10 Å². The molecule has 0 radical (unpaired) electrons. The molecule has 0 saturated carbocycles. The van der Waals surface area contributed by atoms with Crippen molar-refractivity contribution in [2.75, 3.05) is 5.32 Å². The summed E-state index contributed by atoms with van der Waals surface area (Å²) in [5.74, 6) is -0.461. The molecule has 3 aromatic carbocycles. The number of benzene rings is 3. The fourth-order valence-electron chi connectivity index (χ4n) is 3.63. The number of nitrogens with one attached hydrogen (secondary N) is 2. The van der Waals surface area contributed by atoms with E-state index in [1.807, 2.05) is 6.07 Å². The lowest BCUT2D eigenvalue weighted by Crippen LogP contribution is -2.13. The van der Waals surface area contributed by atoms with Crippen molar-refractivity contribution in [2.24, 2.45) is 0 Å². The second-order valence-electron chi connectivity index (χ2n) is 7.36. The lowest BCUT2D eigenvalue weighted by Gasteiger charge is -2.12. The highest BCUT2D eigenvalue weighted by Crippen LogP contribution is 2.38. The van der Waals surface area contributed by atoms with Crippen LogP contribution >= 0.6 is 0 Å². The highest BCUT2D eigenvalue weighted by Gasteiger charge is 2.33. The Kier molecular flexibility index (Phi) is 5.21. The van der Waals surface area contributed by atoms with Gasteiger partial charge in [-0.25, -0.2) is 5.10 Å². The summed E-state index contributed by atoms with van der Waals surface area (Å²) in [7, 11) is 0. The van der Waals surface area contributed by atoms with Crippen molar-refractivity contribution in [1.82, 2.24) is 25.8 Å². The minimum atomic E-state index is -4.55. The van der Waals surface area contributed by atoms with E-state index >= 15 is 0 Å². The molecule has 1 amide bonds. The Morgan fingerprint density at radius 2 is 1.89 bits per heavy atom. The Morgan fingerprint density at radius 1 is 1.06 bits per heavy atom. The van der Waals surface area contributed by atoms with Gasteiger partial charge in [0.15, 0.2) is 17.1 Å². The largest absolute Gasteiger partial charge is 0.417 e. The van der Waals surface area contributed by atoms with E-state index in [1.165, 1.54) is 54.6 Å². The van der Waals surface area contributed by atoms with Crippen LogP contribution in [0, 0.1) is 11.3 Å². The molecule has 5 aromatic rings. The second kappa shape index (κ2) is 8.38. The monoisotopic (exact) mass is 475 g/mol. The van der Waals surface area contributed by atoms with E-state index in [4.69, 9.17) is 4.52 Å². The number of hydrogen-bond acceptors (Lipinski definition) is 7. The van der Waals surface area contributed by atoms with E-state index in [9.17, 15) is 23.2 Å². The number of amides is 1. The average molecular weight is 475 g/mol. The summed E-state index contributed by atoms with van der Waals surface area (Å²) in [5.41, 5.74) is 0.451. The summed E-state index contributed by atoms with van der Waals surface area (Å²) in [6, 6.07) is 16.0. The first-order chi connectivity index (χ1) is 16.8. The number of H-pyrrole nitrogens is 1. The molecule has 172 valence electrons. The van der Waals surface area contributed by atoms with Crippen LogP contribution in [0.25, 0.3) is 33.5 Å². The first kappa shape index (κ1) is 21.8. The summed E-state index contributed by atoms with van der Waals surface area (Å²) in [5, 5.41) is 29.3. The van der Waals surface area contributed by atoms with Crippen molar-refractivity contribution in [3.05, 3.63) is 77.5 Å². The molecule has 2 aromatic heterocycles. The molecule has 12 heteroatoms. The average Bonchev–Trinajstić information content (AvgIpc) is 3.54. The Hall–Kier alpha value is -5.05. The quantitative estimate of drug-likeness (QED) is 0.381. The number of aromatic nitrogens is 5. The smallest absolute Gasteiger partial charge is 0.355 e. The molecule has 2 N–H and O–H groups in total. The van der Waals surface area contributed by atoms with Gasteiger partial charge in [-0.1, -0.05) is 29.4 Å². The number of carbonyl (C=O) groups is 1. The third-order valence-corrected chi connectivity index (χ3v) is 5.23. The number of hydrogen-bond donors (Lipinski definition) is 2. The number of alkyl halides is 3. The van der Waals surface area contributed by atoms with E-state index in [1.54, 1.807) is 0 Å². The predicted octanol–water partition coefficient (Wildman–Crippen LogP) is 4.82. The standard InChI is InChI=1S/C23H12F3N7O2/c24-23(25,26)17-4-2-1-3-14(17)13-6-8-19-16(10-13)20(31-35-19)22(34)28-18-7-5-12(11-27)9-15(18)21-29-32-33-30-21/h1-10H,(H,28,34)(H,29,30,32,33). The SMILES string of the molecule is N#Cc1ccc(NC(=O)c2noc3ccc(-c4ccccc4C(F)(F)F)cc23)c(-c2nnn[nH]2)c1. The van der Waals surface area contributed by atoms with Gasteiger partial charge in [0.25, 0.3) is 5.91 Å². The number of fused-ring (bicyclic) bond motifs is 1. The molecule has 9 nitrogen and oxygen atoms in total. The molecule has 35 heavy (non-hydrogen) atoms. The Balaban J connectivity index is 1.54. The van der Waals surface area contributed by atoms with Crippen LogP contribution in [0.1, 0.15) is 21.6 Å². The molecule has 0 fully saturated rings. The summed E-state index contributed by atoms with van der Waals surface area (Å²) in [4.78, 5) is 13.1. The van der Waals surface area contributed by atoms with Crippen LogP contribution in [-0.2, 0) is 6.18 Å². The first-order valence-electron chi connectivity index (χ1n) is 10.0. The normalized spacial score (nSPS) is 11.4. The molecule has 0 unspecified atom stereocenters. The van der Waals surface area contributed by atoms with Crippen molar-refractivity contribution in [3.8, 4) is 28.6 Å². The van der Waals surface area contributed by atoms with E-state index in [-0.39, 0.29) is 39.3 Å². The van der Waals surface area contributed by atoms with Gasteiger partial charge in [0.05, 0.1) is 28.3 Å².